The van der Waals surface area contributed by atoms with Crippen molar-refractivity contribution in [1.82, 2.24) is 0 Å². The molecule has 0 bridgehead atoms. The molecule has 0 saturated carbocycles. The molecule has 0 spiro atoms. The average Bonchev–Trinajstić information content (AvgIpc) is 1.77. The van der Waals surface area contributed by atoms with Crippen molar-refractivity contribution in [3.63, 3.8) is 0 Å². The Morgan fingerprint density at radius 2 is 1.38 bits per heavy atom. The van der Waals surface area contributed by atoms with Crippen LogP contribution in [0.1, 0.15) is 0 Å². The number of halogens is 2. The molecule has 0 amide bonds. The molecule has 8 heavy (non-hydrogen) atoms. The maximum absolute atomic E-state index is 5.47. The average molecular weight is 151 g/mol. The maximum atomic E-state index is 5.47. The Balaban J connectivity index is 2.54. The first-order valence-electron chi connectivity index (χ1n) is 2.16. The van der Waals surface area contributed by atoms with Crippen LogP contribution in [-0.2, 0) is 0 Å². The smallest absolute Gasteiger partial charge is 0.122 e. The van der Waals surface area contributed by atoms with E-state index in [1.54, 1.807) is 0 Å². The Morgan fingerprint density at radius 1 is 1.00 bits per heavy atom. The summed E-state index contributed by atoms with van der Waals surface area (Å²) in [5.41, 5.74) is 0. The molecule has 44 valence electrons. The molecule has 0 N–H and O–H groups in total. The fourth-order valence-electron chi connectivity index (χ4n) is 0.402. The summed E-state index contributed by atoms with van der Waals surface area (Å²) in [7, 11) is 0. The van der Waals surface area contributed by atoms with Crippen LogP contribution in [0.4, 0.5) is 0 Å². The third kappa shape index (κ3) is 1.46. The van der Waals surface area contributed by atoms with E-state index in [1.165, 1.54) is 0 Å². The van der Waals surface area contributed by atoms with Crippen LogP contribution in [0.3, 0.4) is 0 Å². The van der Waals surface area contributed by atoms with E-state index in [0.717, 1.165) is 0 Å². The van der Waals surface area contributed by atoms with Gasteiger partial charge in [-0.3, -0.25) is 9.98 Å². The highest BCUT2D eigenvalue weighted by atomic mass is 35.5. The summed E-state index contributed by atoms with van der Waals surface area (Å²) in [4.78, 5) is 7.66. The molecule has 0 unspecified atom stereocenters. The molecule has 0 aromatic carbocycles. The van der Waals surface area contributed by atoms with Crippen molar-refractivity contribution >= 4 is 33.5 Å². The molecule has 0 fully saturated rings. The van der Waals surface area contributed by atoms with E-state index in [1.807, 2.05) is 0 Å². The Hall–Kier alpha value is -0.0800. The summed E-state index contributed by atoms with van der Waals surface area (Å²) in [6, 6.07) is 0. The monoisotopic (exact) mass is 150 g/mol. The van der Waals surface area contributed by atoms with Gasteiger partial charge in [-0.25, -0.2) is 0 Å². The number of hydrogen-bond acceptors (Lipinski definition) is 2. The van der Waals surface area contributed by atoms with Gasteiger partial charge in [0.15, 0.2) is 0 Å². The van der Waals surface area contributed by atoms with Crippen molar-refractivity contribution in [1.29, 1.82) is 0 Å². The summed E-state index contributed by atoms with van der Waals surface area (Å²) < 4.78 is 0. The van der Waals surface area contributed by atoms with Gasteiger partial charge < -0.3 is 0 Å². The van der Waals surface area contributed by atoms with Gasteiger partial charge in [-0.15, -0.1) is 0 Å². The normalized spacial score (nSPS) is 19.8. The third-order valence-corrected chi connectivity index (χ3v) is 1.24. The topological polar surface area (TPSA) is 24.7 Å². The second kappa shape index (κ2) is 2.46. The van der Waals surface area contributed by atoms with Crippen LogP contribution in [0.15, 0.2) is 9.98 Å². The van der Waals surface area contributed by atoms with Crippen LogP contribution in [0.2, 0.25) is 0 Å². The van der Waals surface area contributed by atoms with Crippen LogP contribution >= 0.6 is 23.2 Å². The highest BCUT2D eigenvalue weighted by Crippen LogP contribution is 1.98. The van der Waals surface area contributed by atoms with Crippen LogP contribution < -0.4 is 0 Å². The molecular weight excluding hydrogens is 147 g/mol. The van der Waals surface area contributed by atoms with E-state index >= 15 is 0 Å². The summed E-state index contributed by atoms with van der Waals surface area (Å²) in [5.74, 6) is 0. The number of aliphatic imine (C=N–C) groups is 2. The predicted octanol–water partition coefficient (Wildman–Crippen LogP) is 1.27. The van der Waals surface area contributed by atoms with E-state index < -0.39 is 0 Å². The van der Waals surface area contributed by atoms with Crippen LogP contribution in [0.25, 0.3) is 0 Å². The fraction of sp³-hybridized carbons (Fsp3) is 0.500. The maximum Gasteiger partial charge on any atom is 0.122 e. The summed E-state index contributed by atoms with van der Waals surface area (Å²) in [6.07, 6.45) is 0. The lowest BCUT2D eigenvalue weighted by Gasteiger charge is -2.00. The van der Waals surface area contributed by atoms with E-state index in [2.05, 4.69) is 9.98 Å². The minimum absolute atomic E-state index is 0.445. The summed E-state index contributed by atoms with van der Waals surface area (Å²) in [5, 5.41) is 1.07. The molecule has 0 atom stereocenters. The van der Waals surface area contributed by atoms with Crippen molar-refractivity contribution in [2.45, 2.75) is 0 Å². The predicted molar refractivity (Wildman–Crippen MR) is 36.3 cm³/mol. The number of hydrogen-bond donors (Lipinski definition) is 0. The van der Waals surface area contributed by atoms with Crippen molar-refractivity contribution in [3.05, 3.63) is 0 Å². The van der Waals surface area contributed by atoms with Gasteiger partial charge in [0.1, 0.15) is 10.3 Å². The minimum Gasteiger partial charge on any atom is -0.268 e. The van der Waals surface area contributed by atoms with Gasteiger partial charge >= 0.3 is 0 Å². The highest BCUT2D eigenvalue weighted by Gasteiger charge is 2.00. The van der Waals surface area contributed by atoms with Gasteiger partial charge in [-0.05, 0) is 0 Å². The van der Waals surface area contributed by atoms with Gasteiger partial charge in [0.2, 0.25) is 0 Å². The molecule has 0 aromatic rings. The van der Waals surface area contributed by atoms with E-state index in [0.29, 0.717) is 23.4 Å². The lowest BCUT2D eigenvalue weighted by atomic mass is 10.6. The highest BCUT2D eigenvalue weighted by molar-refractivity contribution is 6.69. The second-order valence-electron chi connectivity index (χ2n) is 1.38. The lowest BCUT2D eigenvalue weighted by molar-refractivity contribution is 1.18. The van der Waals surface area contributed by atoms with Gasteiger partial charge in [-0.2, -0.15) is 0 Å². The molecule has 0 aromatic heterocycles. The van der Waals surface area contributed by atoms with Gasteiger partial charge in [-0.1, -0.05) is 23.2 Å². The molecular formula is C4H4Cl2N2. The van der Waals surface area contributed by atoms with Gasteiger partial charge in [0.05, 0.1) is 13.1 Å². The van der Waals surface area contributed by atoms with Gasteiger partial charge in [0.25, 0.3) is 0 Å². The molecule has 1 rings (SSSR count). The third-order valence-electron chi connectivity index (χ3n) is 0.762. The van der Waals surface area contributed by atoms with Crippen molar-refractivity contribution < 1.29 is 0 Å². The standard InChI is InChI=1S/C4H4Cl2N2/c5-3-1-7-4(6)2-8-3/h1-2H2. The fourth-order valence-corrected chi connectivity index (χ4v) is 0.641. The number of rotatable bonds is 0. The molecule has 1 aliphatic heterocycles. The zero-order valence-electron chi connectivity index (χ0n) is 4.06. The van der Waals surface area contributed by atoms with Crippen molar-refractivity contribution in [2.75, 3.05) is 13.1 Å². The van der Waals surface area contributed by atoms with E-state index in [9.17, 15) is 0 Å². The van der Waals surface area contributed by atoms with Crippen molar-refractivity contribution in [3.8, 4) is 0 Å². The summed E-state index contributed by atoms with van der Waals surface area (Å²) >= 11 is 10.9. The Labute approximate surface area is 57.2 Å². The first kappa shape index (κ1) is 6.05. The van der Waals surface area contributed by atoms with Gasteiger partial charge in [0, 0.05) is 0 Å². The largest absolute Gasteiger partial charge is 0.268 e. The molecule has 2 nitrogen and oxygen atoms in total. The zero-order valence-corrected chi connectivity index (χ0v) is 5.58. The van der Waals surface area contributed by atoms with E-state index in [-0.39, 0.29) is 0 Å². The van der Waals surface area contributed by atoms with Crippen LogP contribution in [0.5, 0.6) is 0 Å². The Morgan fingerprint density at radius 3 is 1.62 bits per heavy atom. The SMILES string of the molecule is ClC1=NCC(Cl)=NC1. The molecule has 4 heteroatoms. The van der Waals surface area contributed by atoms with Crippen molar-refractivity contribution in [2.24, 2.45) is 9.98 Å². The Bertz CT molecular complexity index is 132. The summed E-state index contributed by atoms with van der Waals surface area (Å²) in [6.45, 7) is 0.890. The first-order valence-corrected chi connectivity index (χ1v) is 2.92. The first-order chi connectivity index (χ1) is 3.79. The Kier molecular flexibility index (Phi) is 1.86. The minimum atomic E-state index is 0.445. The number of nitrogens with zero attached hydrogens (tertiary/aromatic N) is 2. The lowest BCUT2D eigenvalue weighted by Crippen LogP contribution is -2.07. The molecule has 1 aliphatic rings. The molecule has 0 radical (unpaired) electrons. The van der Waals surface area contributed by atoms with E-state index in [4.69, 9.17) is 23.2 Å². The molecule has 0 aliphatic carbocycles. The van der Waals surface area contributed by atoms with Crippen LogP contribution in [-0.4, -0.2) is 23.4 Å². The second-order valence-corrected chi connectivity index (χ2v) is 2.26. The van der Waals surface area contributed by atoms with Crippen LogP contribution in [0, 0.1) is 0 Å². The zero-order chi connectivity index (χ0) is 5.98. The quantitative estimate of drug-likeness (QED) is 0.498. The molecule has 0 saturated heterocycles. The molecule has 1 heterocycles.